The largest absolute Gasteiger partial charge is 0.507 e. The molecule has 1 saturated carbocycles. The third-order valence-corrected chi connectivity index (χ3v) is 10.9. The first-order valence-electron chi connectivity index (χ1n) is 17.5. The zero-order chi connectivity index (χ0) is 33.5. The first kappa shape index (κ1) is 31.3. The summed E-state index contributed by atoms with van der Waals surface area (Å²) in [5.41, 5.74) is 11.3. The van der Waals surface area contributed by atoms with Crippen molar-refractivity contribution >= 4 is 23.3 Å². The van der Waals surface area contributed by atoms with E-state index in [0.29, 0.717) is 61.1 Å². The molecule has 3 fully saturated rings. The second kappa shape index (κ2) is 13.1. The summed E-state index contributed by atoms with van der Waals surface area (Å²) in [5, 5.41) is 25.9. The number of carbonyl (C=O) groups is 2. The average Bonchev–Trinajstić information content (AvgIpc) is 3.62. The number of phenolic OH excluding ortho intramolecular Hbond substituents is 1. The lowest BCUT2D eigenvalue weighted by Gasteiger charge is -2.42. The number of hydrogen-bond donors (Lipinski definition) is 3. The number of rotatable bonds is 6. The number of hydrogen-bond acceptors (Lipinski definition) is 10. The minimum absolute atomic E-state index is 0.149. The fourth-order valence-corrected chi connectivity index (χ4v) is 8.31. The maximum atomic E-state index is 12.7. The van der Waals surface area contributed by atoms with Gasteiger partial charge in [-0.2, -0.15) is 5.10 Å². The van der Waals surface area contributed by atoms with Gasteiger partial charge in [0.15, 0.2) is 5.82 Å². The van der Waals surface area contributed by atoms with Crippen LogP contribution in [0.15, 0.2) is 60.9 Å². The number of piperidine rings is 2. The Balaban J connectivity index is 0.884. The number of benzene rings is 2. The summed E-state index contributed by atoms with van der Waals surface area (Å²) in [6.45, 7) is 3.28. The van der Waals surface area contributed by atoms with Gasteiger partial charge in [-0.05, 0) is 93.8 Å². The Labute approximate surface area is 285 Å². The number of ether oxygens (including phenoxy) is 1. The van der Waals surface area contributed by atoms with Crippen molar-refractivity contribution < 1.29 is 19.4 Å². The van der Waals surface area contributed by atoms with Crippen molar-refractivity contribution in [2.45, 2.75) is 75.4 Å². The molecule has 1 unspecified atom stereocenters. The number of nitrogens with two attached hydrogens (primary N) is 1. The standard InChI is InChI=1S/C37H42N8O4/c38-36-29(20-30(41-42-36)28-4-1-2-7-33(28)46)24-21-39-45(22-24)26-10-8-25(9-11-26)43-16-14-23(15-17-43)27-5-3-6-31-35(27)49-19-18-44(31)32-12-13-34(47)40-37(32)48/h1-7,20-23,25-26,32,46H,8-19H2,(H2,38,42)(H,40,47,48)/t25-,26+,32?. The molecule has 12 nitrogen and oxygen atoms in total. The van der Waals surface area contributed by atoms with Crippen molar-refractivity contribution in [2.24, 2.45) is 0 Å². The fraction of sp³-hybridized carbons (Fsp3) is 0.432. The number of likely N-dealkylation sites (tertiary alicyclic amines) is 1. The lowest BCUT2D eigenvalue weighted by Crippen LogP contribution is -2.54. The fourth-order valence-electron chi connectivity index (χ4n) is 8.31. The number of nitrogens with one attached hydrogen (secondary N) is 1. The van der Waals surface area contributed by atoms with Gasteiger partial charge < -0.3 is 25.4 Å². The predicted molar refractivity (Wildman–Crippen MR) is 185 cm³/mol. The number of amides is 2. The van der Waals surface area contributed by atoms with Crippen LogP contribution in [0.3, 0.4) is 0 Å². The summed E-state index contributed by atoms with van der Waals surface area (Å²) in [5.74, 6) is 1.41. The highest BCUT2D eigenvalue weighted by atomic mass is 16.5. The molecule has 3 aliphatic heterocycles. The highest BCUT2D eigenvalue weighted by Crippen LogP contribution is 2.44. The molecule has 1 atom stereocenters. The highest BCUT2D eigenvalue weighted by Gasteiger charge is 2.37. The van der Waals surface area contributed by atoms with Gasteiger partial charge in [0.1, 0.15) is 24.1 Å². The molecule has 8 rings (SSSR count). The van der Waals surface area contributed by atoms with Crippen LogP contribution in [0.4, 0.5) is 11.5 Å². The van der Waals surface area contributed by atoms with Gasteiger partial charge in [-0.25, -0.2) is 0 Å². The molecular formula is C37H42N8O4. The predicted octanol–water partition coefficient (Wildman–Crippen LogP) is 4.66. The van der Waals surface area contributed by atoms with Gasteiger partial charge in [0.25, 0.3) is 0 Å². The van der Waals surface area contributed by atoms with Crippen LogP contribution in [-0.4, -0.2) is 80.1 Å². The molecule has 4 aliphatic rings. The lowest BCUT2D eigenvalue weighted by molar-refractivity contribution is -0.134. The first-order chi connectivity index (χ1) is 23.9. The summed E-state index contributed by atoms with van der Waals surface area (Å²) >= 11 is 0. The maximum Gasteiger partial charge on any atom is 0.249 e. The Morgan fingerprint density at radius 3 is 2.47 bits per heavy atom. The Morgan fingerprint density at radius 2 is 1.67 bits per heavy atom. The van der Waals surface area contributed by atoms with Crippen molar-refractivity contribution in [1.82, 2.24) is 30.2 Å². The van der Waals surface area contributed by atoms with Crippen LogP contribution in [0.25, 0.3) is 22.4 Å². The van der Waals surface area contributed by atoms with Crippen molar-refractivity contribution in [1.29, 1.82) is 0 Å². The van der Waals surface area contributed by atoms with Crippen molar-refractivity contribution in [2.75, 3.05) is 36.9 Å². The Bertz CT molecular complexity index is 1860. The first-order valence-corrected chi connectivity index (χ1v) is 17.5. The van der Waals surface area contributed by atoms with Crippen LogP contribution in [-0.2, 0) is 9.59 Å². The normalized spacial score (nSPS) is 23.5. The average molecular weight is 663 g/mol. The van der Waals surface area contributed by atoms with Crippen LogP contribution in [0.1, 0.15) is 68.9 Å². The number of carbonyl (C=O) groups excluding carboxylic acids is 2. The zero-order valence-corrected chi connectivity index (χ0v) is 27.5. The summed E-state index contributed by atoms with van der Waals surface area (Å²) in [7, 11) is 0. The summed E-state index contributed by atoms with van der Waals surface area (Å²) < 4.78 is 8.34. The van der Waals surface area contributed by atoms with Gasteiger partial charge in [0.2, 0.25) is 11.8 Å². The minimum Gasteiger partial charge on any atom is -0.507 e. The minimum atomic E-state index is -0.338. The van der Waals surface area contributed by atoms with Crippen LogP contribution in [0.5, 0.6) is 11.5 Å². The molecule has 0 spiro atoms. The van der Waals surface area contributed by atoms with E-state index in [0.717, 1.165) is 74.2 Å². The van der Waals surface area contributed by atoms with Crippen molar-refractivity contribution in [3.8, 4) is 33.9 Å². The molecule has 0 bridgehead atoms. The van der Waals surface area contributed by atoms with E-state index in [1.165, 1.54) is 5.56 Å². The Kier molecular flexibility index (Phi) is 8.40. The summed E-state index contributed by atoms with van der Waals surface area (Å²) in [6.07, 6.45) is 11.3. The number of para-hydroxylation sites is 2. The van der Waals surface area contributed by atoms with Crippen LogP contribution in [0.2, 0.25) is 0 Å². The second-order valence-electron chi connectivity index (χ2n) is 13.7. The number of aromatic nitrogens is 4. The van der Waals surface area contributed by atoms with Gasteiger partial charge in [0.05, 0.1) is 30.2 Å². The van der Waals surface area contributed by atoms with Crippen molar-refractivity contribution in [3.63, 3.8) is 0 Å². The van der Waals surface area contributed by atoms with E-state index in [1.54, 1.807) is 12.1 Å². The van der Waals surface area contributed by atoms with Crippen LogP contribution >= 0.6 is 0 Å². The molecule has 2 saturated heterocycles. The number of nitrogen functional groups attached to an aromatic ring is 1. The number of phenols is 1. The second-order valence-corrected chi connectivity index (χ2v) is 13.7. The molecule has 4 aromatic rings. The summed E-state index contributed by atoms with van der Waals surface area (Å²) in [4.78, 5) is 29.2. The van der Waals surface area contributed by atoms with E-state index in [9.17, 15) is 14.7 Å². The summed E-state index contributed by atoms with van der Waals surface area (Å²) in [6, 6.07) is 15.8. The topological polar surface area (TPSA) is 152 Å². The highest BCUT2D eigenvalue weighted by molar-refractivity contribution is 6.02. The SMILES string of the molecule is Nc1nnc(-c2ccccc2O)cc1-c1cnn([C@H]2CC[C@@H](N3CCC(c4cccc5c4OCCN5C4CCC(=O)NC4=O)CC3)CC2)c1. The quantitative estimate of drug-likeness (QED) is 0.249. The Hall–Kier alpha value is -4.97. The number of aromatic hydroxyl groups is 1. The molecule has 2 aromatic carbocycles. The van der Waals surface area contributed by atoms with Gasteiger partial charge >= 0.3 is 0 Å². The molecule has 1 aliphatic carbocycles. The van der Waals surface area contributed by atoms with Crippen LogP contribution in [0, 0.1) is 0 Å². The number of anilines is 2. The zero-order valence-electron chi connectivity index (χ0n) is 27.5. The van der Waals surface area contributed by atoms with Gasteiger partial charge in [0, 0.05) is 35.3 Å². The molecular weight excluding hydrogens is 620 g/mol. The van der Waals surface area contributed by atoms with E-state index < -0.39 is 0 Å². The third-order valence-electron chi connectivity index (χ3n) is 10.9. The van der Waals surface area contributed by atoms with E-state index >= 15 is 0 Å². The molecule has 49 heavy (non-hydrogen) atoms. The molecule has 2 aromatic heterocycles. The van der Waals surface area contributed by atoms with E-state index in [-0.39, 0.29) is 23.6 Å². The molecule has 0 radical (unpaired) electrons. The van der Waals surface area contributed by atoms with Crippen molar-refractivity contribution in [3.05, 3.63) is 66.5 Å². The van der Waals surface area contributed by atoms with E-state index in [1.807, 2.05) is 30.5 Å². The number of nitrogens with zero attached hydrogens (tertiary/aromatic N) is 6. The lowest BCUT2D eigenvalue weighted by atomic mass is 9.85. The molecule has 2 amide bonds. The molecule has 4 N–H and O–H groups in total. The third kappa shape index (κ3) is 6.09. The van der Waals surface area contributed by atoms with E-state index in [2.05, 4.69) is 48.3 Å². The van der Waals surface area contributed by atoms with Gasteiger partial charge in [-0.1, -0.05) is 24.3 Å². The molecule has 254 valence electrons. The monoisotopic (exact) mass is 662 g/mol. The smallest absolute Gasteiger partial charge is 0.249 e. The van der Waals surface area contributed by atoms with E-state index in [4.69, 9.17) is 15.6 Å². The number of imide groups is 1. The Morgan fingerprint density at radius 1 is 0.878 bits per heavy atom. The maximum absolute atomic E-state index is 12.7. The van der Waals surface area contributed by atoms with Crippen LogP contribution < -0.4 is 20.7 Å². The molecule has 5 heterocycles. The molecule has 12 heteroatoms. The van der Waals surface area contributed by atoms with Gasteiger partial charge in [-0.15, -0.1) is 10.2 Å². The number of fused-ring (bicyclic) bond motifs is 1. The van der Waals surface area contributed by atoms with Gasteiger partial charge in [-0.3, -0.25) is 19.6 Å².